The van der Waals surface area contributed by atoms with Crippen LogP contribution in [0.25, 0.3) is 0 Å². The first-order valence-corrected chi connectivity index (χ1v) is 8.98. The van der Waals surface area contributed by atoms with Crippen molar-refractivity contribution in [2.45, 2.75) is 27.7 Å². The quantitative estimate of drug-likeness (QED) is 0.561. The summed E-state index contributed by atoms with van der Waals surface area (Å²) in [6.45, 7) is 7.29. The van der Waals surface area contributed by atoms with Gasteiger partial charge in [0.25, 0.3) is 5.91 Å². The van der Waals surface area contributed by atoms with Gasteiger partial charge in [0.2, 0.25) is 0 Å². The summed E-state index contributed by atoms with van der Waals surface area (Å²) >= 11 is 0. The van der Waals surface area contributed by atoms with Gasteiger partial charge in [-0.15, -0.1) is 0 Å². The SMILES string of the molecule is CC(=N)c1c(C(=O)Nc2c(C)cncc2C)cc(C)nc1Nc1ccccc1. The minimum atomic E-state index is -0.277. The number of rotatable bonds is 5. The van der Waals surface area contributed by atoms with E-state index in [2.05, 4.69) is 20.6 Å². The van der Waals surface area contributed by atoms with Gasteiger partial charge in [0.1, 0.15) is 5.82 Å². The van der Waals surface area contributed by atoms with Crippen LogP contribution in [0.1, 0.15) is 39.7 Å². The van der Waals surface area contributed by atoms with E-state index in [1.807, 2.05) is 51.1 Å². The van der Waals surface area contributed by atoms with E-state index in [4.69, 9.17) is 5.41 Å². The fourth-order valence-corrected chi connectivity index (χ4v) is 3.06. The zero-order valence-corrected chi connectivity index (χ0v) is 16.4. The minimum absolute atomic E-state index is 0.263. The van der Waals surface area contributed by atoms with Crippen LogP contribution >= 0.6 is 0 Å². The van der Waals surface area contributed by atoms with Gasteiger partial charge in [-0.1, -0.05) is 18.2 Å². The third-order valence-corrected chi connectivity index (χ3v) is 4.37. The van der Waals surface area contributed by atoms with Crippen LogP contribution in [0.15, 0.2) is 48.8 Å². The molecule has 142 valence electrons. The molecule has 0 atom stereocenters. The molecule has 0 fully saturated rings. The number of aryl methyl sites for hydroxylation is 3. The lowest BCUT2D eigenvalue weighted by molar-refractivity contribution is 0.102. The maximum atomic E-state index is 13.1. The predicted octanol–water partition coefficient (Wildman–Crippen LogP) is 4.79. The lowest BCUT2D eigenvalue weighted by Crippen LogP contribution is -2.19. The van der Waals surface area contributed by atoms with Crippen molar-refractivity contribution < 1.29 is 4.79 Å². The van der Waals surface area contributed by atoms with Crippen LogP contribution in [0.5, 0.6) is 0 Å². The van der Waals surface area contributed by atoms with Crippen molar-refractivity contribution in [3.8, 4) is 0 Å². The van der Waals surface area contributed by atoms with Crippen LogP contribution in [0, 0.1) is 26.2 Å². The fourth-order valence-electron chi connectivity index (χ4n) is 3.06. The van der Waals surface area contributed by atoms with E-state index in [0.29, 0.717) is 22.6 Å². The molecule has 0 aliphatic heterocycles. The van der Waals surface area contributed by atoms with Gasteiger partial charge in [0, 0.05) is 35.2 Å². The molecule has 3 N–H and O–H groups in total. The molecule has 0 spiro atoms. The van der Waals surface area contributed by atoms with Gasteiger partial charge in [-0.25, -0.2) is 4.98 Å². The molecular weight excluding hydrogens is 350 g/mol. The summed E-state index contributed by atoms with van der Waals surface area (Å²) < 4.78 is 0. The molecule has 6 nitrogen and oxygen atoms in total. The maximum absolute atomic E-state index is 13.1. The summed E-state index contributed by atoms with van der Waals surface area (Å²) in [4.78, 5) is 21.8. The second-order valence-corrected chi connectivity index (χ2v) is 6.75. The molecule has 6 heteroatoms. The number of hydrogen-bond acceptors (Lipinski definition) is 5. The molecular formula is C22H23N5O. The molecule has 1 aromatic carbocycles. The Labute approximate surface area is 164 Å². The van der Waals surface area contributed by atoms with Crippen molar-refractivity contribution >= 4 is 28.8 Å². The highest BCUT2D eigenvalue weighted by Gasteiger charge is 2.20. The summed E-state index contributed by atoms with van der Waals surface area (Å²) in [5, 5.41) is 14.5. The van der Waals surface area contributed by atoms with E-state index in [1.165, 1.54) is 0 Å². The number of nitrogens with one attached hydrogen (secondary N) is 3. The molecule has 0 unspecified atom stereocenters. The number of benzene rings is 1. The van der Waals surface area contributed by atoms with Crippen LogP contribution in [0.3, 0.4) is 0 Å². The first-order chi connectivity index (χ1) is 13.4. The van der Waals surface area contributed by atoms with Gasteiger partial charge in [0.15, 0.2) is 0 Å². The third kappa shape index (κ3) is 4.06. The molecule has 3 rings (SSSR count). The second kappa shape index (κ2) is 8.00. The third-order valence-electron chi connectivity index (χ3n) is 4.37. The van der Waals surface area contributed by atoms with E-state index < -0.39 is 0 Å². The number of pyridine rings is 2. The Morgan fingerprint density at radius 3 is 2.29 bits per heavy atom. The average Bonchev–Trinajstić information content (AvgIpc) is 2.64. The summed E-state index contributed by atoms with van der Waals surface area (Å²) in [5.41, 5.74) is 5.20. The van der Waals surface area contributed by atoms with Crippen LogP contribution in [0.2, 0.25) is 0 Å². The summed E-state index contributed by atoms with van der Waals surface area (Å²) in [6, 6.07) is 11.3. The molecule has 0 radical (unpaired) electrons. The number of carbonyl (C=O) groups excluding carboxylic acids is 1. The van der Waals surface area contributed by atoms with Gasteiger partial charge >= 0.3 is 0 Å². The molecule has 2 heterocycles. The molecule has 3 aromatic rings. The van der Waals surface area contributed by atoms with Crippen molar-refractivity contribution in [2.75, 3.05) is 10.6 Å². The minimum Gasteiger partial charge on any atom is -0.340 e. The largest absolute Gasteiger partial charge is 0.340 e. The average molecular weight is 373 g/mol. The van der Waals surface area contributed by atoms with Crippen LogP contribution in [-0.4, -0.2) is 21.6 Å². The number of amides is 1. The van der Waals surface area contributed by atoms with Crippen molar-refractivity contribution in [3.63, 3.8) is 0 Å². The van der Waals surface area contributed by atoms with Crippen LogP contribution in [0.4, 0.5) is 17.2 Å². The van der Waals surface area contributed by atoms with Gasteiger partial charge < -0.3 is 16.0 Å². The molecule has 0 saturated carbocycles. The topological polar surface area (TPSA) is 90.8 Å². The highest BCUT2D eigenvalue weighted by molar-refractivity contribution is 6.15. The Kier molecular flexibility index (Phi) is 5.49. The molecule has 1 amide bonds. The number of hydrogen-bond donors (Lipinski definition) is 3. The number of para-hydroxylation sites is 1. The van der Waals surface area contributed by atoms with E-state index >= 15 is 0 Å². The maximum Gasteiger partial charge on any atom is 0.256 e. The summed E-state index contributed by atoms with van der Waals surface area (Å²) in [7, 11) is 0. The number of nitrogens with zero attached hydrogens (tertiary/aromatic N) is 2. The summed E-state index contributed by atoms with van der Waals surface area (Å²) in [5.74, 6) is 0.215. The fraction of sp³-hybridized carbons (Fsp3) is 0.182. The van der Waals surface area contributed by atoms with Crippen LogP contribution in [-0.2, 0) is 0 Å². The first kappa shape index (κ1) is 19.2. The Bertz CT molecular complexity index is 1020. The van der Waals surface area contributed by atoms with E-state index in [0.717, 1.165) is 22.5 Å². The van der Waals surface area contributed by atoms with Crippen molar-refractivity contribution in [1.82, 2.24) is 9.97 Å². The Morgan fingerprint density at radius 2 is 1.68 bits per heavy atom. The zero-order chi connectivity index (χ0) is 20.3. The van der Waals surface area contributed by atoms with Crippen molar-refractivity contribution in [3.05, 3.63) is 76.7 Å². The lowest BCUT2D eigenvalue weighted by atomic mass is 10.0. The smallest absolute Gasteiger partial charge is 0.256 e. The second-order valence-electron chi connectivity index (χ2n) is 6.75. The number of aromatic nitrogens is 2. The van der Waals surface area contributed by atoms with E-state index in [1.54, 1.807) is 25.4 Å². The zero-order valence-electron chi connectivity index (χ0n) is 16.4. The van der Waals surface area contributed by atoms with Crippen molar-refractivity contribution in [2.24, 2.45) is 0 Å². The Balaban J connectivity index is 2.05. The molecule has 2 aromatic heterocycles. The van der Waals surface area contributed by atoms with Gasteiger partial charge in [-0.2, -0.15) is 0 Å². The normalized spacial score (nSPS) is 10.4. The van der Waals surface area contributed by atoms with E-state index in [9.17, 15) is 4.79 Å². The molecule has 0 saturated heterocycles. The highest BCUT2D eigenvalue weighted by Crippen LogP contribution is 2.26. The molecule has 0 aliphatic rings. The van der Waals surface area contributed by atoms with Gasteiger partial charge in [-0.05, 0) is 57.0 Å². The summed E-state index contributed by atoms with van der Waals surface area (Å²) in [6.07, 6.45) is 3.43. The monoisotopic (exact) mass is 373 g/mol. The lowest BCUT2D eigenvalue weighted by Gasteiger charge is -2.17. The van der Waals surface area contributed by atoms with Crippen molar-refractivity contribution in [1.29, 1.82) is 5.41 Å². The van der Waals surface area contributed by atoms with Crippen LogP contribution < -0.4 is 10.6 Å². The number of carbonyl (C=O) groups is 1. The molecule has 0 aliphatic carbocycles. The van der Waals surface area contributed by atoms with E-state index in [-0.39, 0.29) is 11.6 Å². The highest BCUT2D eigenvalue weighted by atomic mass is 16.1. The van der Waals surface area contributed by atoms with Gasteiger partial charge in [0.05, 0.1) is 11.1 Å². The Hall–Kier alpha value is -3.54. The first-order valence-electron chi connectivity index (χ1n) is 8.98. The standard InChI is InChI=1S/C22H23N5O/c1-13-11-24-12-14(2)20(13)27-22(28)18-10-15(3)25-21(19(18)16(4)23)26-17-8-6-5-7-9-17/h5-12,23H,1-4H3,(H,25,26)(H,24,27,28). The molecule has 28 heavy (non-hydrogen) atoms. The predicted molar refractivity (Wildman–Crippen MR) is 113 cm³/mol. The number of anilines is 3. The van der Waals surface area contributed by atoms with Gasteiger partial charge in [-0.3, -0.25) is 9.78 Å². The molecule has 0 bridgehead atoms. The Morgan fingerprint density at radius 1 is 1.04 bits per heavy atom.